The zero-order valence-electron chi connectivity index (χ0n) is 65.1. The van der Waals surface area contributed by atoms with E-state index in [1.54, 1.807) is 140 Å². The Hall–Kier alpha value is -11.7. The number of hydrogen-bond donors (Lipinski definition) is 8. The molecule has 8 aromatic rings. The smallest absolute Gasteiger partial charge is 0.328 e. The molecule has 6 aliphatic heterocycles. The highest BCUT2D eigenvalue weighted by atomic mass is 16.5. The van der Waals surface area contributed by atoms with Crippen LogP contribution in [0.3, 0.4) is 0 Å². The van der Waals surface area contributed by atoms with Gasteiger partial charge in [-0.2, -0.15) is 0 Å². The van der Waals surface area contributed by atoms with Crippen molar-refractivity contribution in [2.75, 3.05) is 41.4 Å². The molecule has 2 fully saturated rings. The number of aromatic nitrogens is 6. The van der Waals surface area contributed by atoms with Crippen LogP contribution >= 0.6 is 0 Å². The number of ether oxygens (including phenoxy) is 4. The average molecular weight is 1530 g/mol. The van der Waals surface area contributed by atoms with Crippen LogP contribution in [0.5, 0.6) is 11.5 Å². The van der Waals surface area contributed by atoms with Crippen LogP contribution in [0.15, 0.2) is 146 Å². The van der Waals surface area contributed by atoms with Crippen molar-refractivity contribution in [2.24, 2.45) is 10.8 Å². The quantitative estimate of drug-likeness (QED) is 0.0696. The number of carbonyl (C=O) groups is 10. The number of esters is 2. The van der Waals surface area contributed by atoms with E-state index in [0.717, 1.165) is 21.5 Å². The first-order valence-corrected chi connectivity index (χ1v) is 37.6. The lowest BCUT2D eigenvalue weighted by Gasteiger charge is -2.36. The van der Waals surface area contributed by atoms with Crippen LogP contribution in [0.2, 0.25) is 0 Å². The molecule has 0 aliphatic carbocycles. The molecule has 12 atom stereocenters. The molecule has 8 N–H and O–H groups in total. The molecule has 0 saturated carbocycles. The molecule has 8 heterocycles. The summed E-state index contributed by atoms with van der Waals surface area (Å²) in [5.41, 5.74) is 1.53. The Morgan fingerprint density at radius 1 is 0.500 bits per heavy atom. The summed E-state index contributed by atoms with van der Waals surface area (Å²) >= 11 is 0. The maximum atomic E-state index is 15.4. The van der Waals surface area contributed by atoms with E-state index in [1.165, 1.54) is 24.0 Å². The van der Waals surface area contributed by atoms with Gasteiger partial charge in [0.2, 0.25) is 47.3 Å². The Bertz CT molecular complexity index is 4450. The molecule has 2 aromatic heterocycles. The van der Waals surface area contributed by atoms with Crippen molar-refractivity contribution in [1.82, 2.24) is 82.3 Å². The van der Waals surface area contributed by atoms with Gasteiger partial charge in [0, 0.05) is 51.6 Å². The number of nitrogens with zero attached hydrogens (tertiary/aromatic N) is 8. The van der Waals surface area contributed by atoms with Crippen LogP contribution in [0.4, 0.5) is 0 Å². The van der Waals surface area contributed by atoms with Crippen molar-refractivity contribution < 1.29 is 66.9 Å². The molecule has 30 nitrogen and oxygen atoms in total. The van der Waals surface area contributed by atoms with Gasteiger partial charge < -0.3 is 71.3 Å². The zero-order valence-corrected chi connectivity index (χ0v) is 65.1. The lowest BCUT2D eigenvalue weighted by molar-refractivity contribution is -0.146. The van der Waals surface area contributed by atoms with Crippen molar-refractivity contribution in [3.63, 3.8) is 0 Å². The number of likely N-dealkylation sites (N-methyl/N-ethyl adjacent to an activating group) is 2. The minimum atomic E-state index is -1.34. The van der Waals surface area contributed by atoms with Crippen LogP contribution in [0.25, 0.3) is 21.5 Å². The molecule has 8 amide bonds. The largest absolute Gasteiger partial charge is 0.487 e. The Labute approximate surface area is 649 Å². The minimum absolute atomic E-state index is 0.0115. The second-order valence-corrected chi connectivity index (χ2v) is 31.1. The standard InChI is InChI=1S/C82H100N16O14/c1-47(83-9)71(99)89-69(81(3,4)5)77(105)95-43-59-39-67(95)75(103)85-63(37-51-21-27-53-17-13-15-19-55(53)33-51)73(101)87-65(79(107)109-11)35-49-25-31-62(32-26-49)112-46-58-42-98(94-92-58)60-40-68(96(44-60)78(106)70(82(6,7)8)90-72(100)48(2)84-10)76(104)86-64(38-52-22-28-54-18-14-16-20-56(54)34-52)74(102)88-66(80(108)110-12)36-50-23-29-61(30-24-50)111-45-57-41-97(59)93-91-57/h13-34,41-42,47-48,59-60,63-70,83-84H,35-40,43-46H2,1-12H3,(H,85,103)(H,86,104)(H,87,101)(H,88,102)(H,89,99)(H,90,100)/t47-,48-,59-,60-,63-,64-,65-,66-,67-,68-,69+,70+/m0/s1. The monoisotopic (exact) mass is 1530 g/mol. The van der Waals surface area contributed by atoms with Crippen LogP contribution in [-0.2, 0) is 96.3 Å². The highest BCUT2D eigenvalue weighted by molar-refractivity contribution is 5.98. The van der Waals surface area contributed by atoms with Crippen molar-refractivity contribution >= 4 is 80.7 Å². The van der Waals surface area contributed by atoms with Gasteiger partial charge in [0.1, 0.15) is 84.4 Å². The van der Waals surface area contributed by atoms with Gasteiger partial charge in [0.05, 0.1) is 50.8 Å². The molecule has 112 heavy (non-hydrogen) atoms. The Morgan fingerprint density at radius 3 is 1.21 bits per heavy atom. The third-order valence-corrected chi connectivity index (χ3v) is 20.9. The second-order valence-electron chi connectivity index (χ2n) is 31.1. The number of likely N-dealkylation sites (tertiary alicyclic amines) is 2. The normalized spacial score (nSPS) is 21.4. The number of hydrogen-bond acceptors (Lipinski definition) is 20. The number of nitrogens with one attached hydrogen (secondary N) is 8. The van der Waals surface area contributed by atoms with Crippen LogP contribution in [0, 0.1) is 10.8 Å². The summed E-state index contributed by atoms with van der Waals surface area (Å²) in [5.74, 6) is -5.60. The number of benzene rings is 6. The highest BCUT2D eigenvalue weighted by Crippen LogP contribution is 2.35. The summed E-state index contributed by atoms with van der Waals surface area (Å²) in [6, 6.07) is 27.6. The SMILES string of the molecule is CN[C@@H](C)C(=O)N[C@H](C(=O)N1C[C@@H]2C[C@H]1C(=O)N[C@@H](Cc1ccc3ccccc3c1)C(=O)N[C@H](C(=O)OC)Cc1ccc(cc1)OCc1cn(nn1)[C@H]1C[C@@H](C(=O)N[C@@H](Cc3ccc4ccccc4c3)C(=O)N[C@H](C(=O)OC)Cc3ccc(cc3)OCc3cn2nn3)N(C(=O)[C@@H](NC(=O)[C@H](C)NC)C(C)(C)C)C1)C(C)(C)C. The van der Waals surface area contributed by atoms with E-state index in [4.69, 9.17) is 18.9 Å². The summed E-state index contributed by atoms with van der Waals surface area (Å²) in [7, 11) is 5.65. The van der Waals surface area contributed by atoms with Gasteiger partial charge in [-0.25, -0.2) is 19.0 Å². The third kappa shape index (κ3) is 19.9. The molecule has 0 unspecified atom stereocenters. The Kier molecular flexibility index (Phi) is 25.8. The topological polar surface area (TPSA) is 372 Å². The highest BCUT2D eigenvalue weighted by Gasteiger charge is 2.49. The second kappa shape index (κ2) is 35.6. The fourth-order valence-electron chi connectivity index (χ4n) is 14.1. The van der Waals surface area contributed by atoms with E-state index in [9.17, 15) is 19.2 Å². The number of amides is 8. The summed E-state index contributed by atoms with van der Waals surface area (Å²) in [5, 5.41) is 44.8. The Balaban J connectivity index is 0.933. The molecule has 6 aliphatic rings. The maximum Gasteiger partial charge on any atom is 0.328 e. The van der Waals surface area contributed by atoms with Crippen molar-refractivity contribution in [3.05, 3.63) is 179 Å². The fourth-order valence-corrected chi connectivity index (χ4v) is 14.1. The first kappa shape index (κ1) is 81.3. The van der Waals surface area contributed by atoms with Gasteiger partial charge in [-0.15, -0.1) is 10.2 Å². The number of methoxy groups -OCH3 is 2. The van der Waals surface area contributed by atoms with Gasteiger partial charge in [0.15, 0.2) is 0 Å². The van der Waals surface area contributed by atoms with Gasteiger partial charge in [-0.05, 0) is 107 Å². The van der Waals surface area contributed by atoms with Gasteiger partial charge in [0.25, 0.3) is 0 Å². The minimum Gasteiger partial charge on any atom is -0.487 e. The molecule has 12 bridgehead atoms. The van der Waals surface area contributed by atoms with E-state index in [1.807, 2.05) is 84.9 Å². The molecule has 30 heteroatoms. The first-order chi connectivity index (χ1) is 53.5. The lowest BCUT2D eigenvalue weighted by atomic mass is 9.85. The average Bonchev–Trinajstić information content (AvgIpc) is 1.69. The third-order valence-electron chi connectivity index (χ3n) is 20.9. The molecule has 592 valence electrons. The number of fused-ring (bicyclic) bond motifs is 2. The summed E-state index contributed by atoms with van der Waals surface area (Å²) in [6.07, 6.45) is 3.03. The molecule has 14 rings (SSSR count). The molecule has 6 aromatic carbocycles. The van der Waals surface area contributed by atoms with E-state index < -0.39 is 143 Å². The first-order valence-electron chi connectivity index (χ1n) is 37.6. The van der Waals surface area contributed by atoms with E-state index in [2.05, 4.69) is 63.2 Å². The van der Waals surface area contributed by atoms with Crippen molar-refractivity contribution in [3.8, 4) is 11.5 Å². The number of rotatable bonds is 14. The molecule has 0 radical (unpaired) electrons. The molecule has 2 saturated heterocycles. The molecular formula is C82H100N16O14. The lowest BCUT2D eigenvalue weighted by Crippen LogP contribution is -2.61. The van der Waals surface area contributed by atoms with Crippen LogP contribution < -0.4 is 52.0 Å². The fraction of sp³-hybridized carbons (Fsp3) is 0.439. The van der Waals surface area contributed by atoms with E-state index in [0.29, 0.717) is 45.1 Å². The molecule has 0 spiro atoms. The van der Waals surface area contributed by atoms with Gasteiger partial charge >= 0.3 is 11.9 Å². The van der Waals surface area contributed by atoms with Gasteiger partial charge in [-0.1, -0.05) is 161 Å². The van der Waals surface area contributed by atoms with E-state index >= 15 is 28.8 Å². The zero-order chi connectivity index (χ0) is 80.3. The summed E-state index contributed by atoms with van der Waals surface area (Å²) in [6.45, 7) is 13.8. The van der Waals surface area contributed by atoms with Crippen LogP contribution in [-0.4, -0.2) is 201 Å². The van der Waals surface area contributed by atoms with Gasteiger partial charge in [-0.3, -0.25) is 38.4 Å². The summed E-state index contributed by atoms with van der Waals surface area (Å²) < 4.78 is 26.1. The Morgan fingerprint density at radius 2 is 0.866 bits per heavy atom. The molecular weight excluding hydrogens is 1430 g/mol. The van der Waals surface area contributed by atoms with E-state index in [-0.39, 0.29) is 64.8 Å². The summed E-state index contributed by atoms with van der Waals surface area (Å²) in [4.78, 5) is 149. The predicted molar refractivity (Wildman–Crippen MR) is 414 cm³/mol. The predicted octanol–water partition coefficient (Wildman–Crippen LogP) is 4.47. The number of carbonyl (C=O) groups excluding carboxylic acids is 10. The maximum absolute atomic E-state index is 15.4. The van der Waals surface area contributed by atoms with Crippen molar-refractivity contribution in [2.45, 2.75) is 180 Å². The van der Waals surface area contributed by atoms with Crippen molar-refractivity contribution in [1.29, 1.82) is 0 Å². The van der Waals surface area contributed by atoms with Crippen LogP contribution in [0.1, 0.15) is 114 Å².